The van der Waals surface area contributed by atoms with E-state index in [0.29, 0.717) is 0 Å². The Kier molecular flexibility index (Phi) is 37.3. The van der Waals surface area contributed by atoms with E-state index in [4.69, 9.17) is 23.6 Å². The van der Waals surface area contributed by atoms with Crippen molar-refractivity contribution in [3.63, 3.8) is 0 Å². The first-order valence-corrected chi connectivity index (χ1v) is 22.2. The van der Waals surface area contributed by atoms with Crippen LogP contribution in [-0.2, 0) is 23.6 Å². The molecule has 0 amide bonds. The van der Waals surface area contributed by atoms with E-state index >= 15 is 0 Å². The largest absolute Gasteiger partial charge is 0.160 e. The summed E-state index contributed by atoms with van der Waals surface area (Å²) in [7, 11) is 0.753. The quantitative estimate of drug-likeness (QED) is 0.0668. The van der Waals surface area contributed by atoms with Crippen molar-refractivity contribution < 1.29 is 0 Å². The molecule has 36 heavy (non-hydrogen) atoms. The number of hydrogen-bond donors (Lipinski definition) is 0. The van der Waals surface area contributed by atoms with E-state index in [1.54, 1.807) is 0 Å². The van der Waals surface area contributed by atoms with E-state index in [0.717, 1.165) is 7.36 Å². The fourth-order valence-electron chi connectivity index (χ4n) is 4.85. The molecule has 0 heterocycles. The van der Waals surface area contributed by atoms with Gasteiger partial charge in [0, 0.05) is 0 Å². The summed E-state index contributed by atoms with van der Waals surface area (Å²) >= 11 is 11.2. The van der Waals surface area contributed by atoms with Crippen molar-refractivity contribution in [2.75, 3.05) is 24.6 Å². The summed E-state index contributed by atoms with van der Waals surface area (Å²) in [6.45, 7) is 9.17. The second-order valence-corrected chi connectivity index (χ2v) is 18.6. The molecule has 0 fully saturated rings. The van der Waals surface area contributed by atoms with E-state index in [1.807, 2.05) is 0 Å². The minimum Gasteiger partial charge on any atom is -0.0975 e. The van der Waals surface area contributed by atoms with Crippen molar-refractivity contribution in [2.45, 2.75) is 182 Å². The van der Waals surface area contributed by atoms with E-state index < -0.39 is 6.04 Å². The van der Waals surface area contributed by atoms with Crippen LogP contribution in [0.4, 0.5) is 0 Å². The molecule has 0 nitrogen and oxygen atoms in total. The summed E-state index contributed by atoms with van der Waals surface area (Å²) in [5.41, 5.74) is 0. The summed E-state index contributed by atoms with van der Waals surface area (Å²) in [4.78, 5) is 0. The van der Waals surface area contributed by atoms with Crippen molar-refractivity contribution in [1.29, 1.82) is 0 Å². The monoisotopic (exact) mass is 579 g/mol. The predicted molar refractivity (Wildman–Crippen MR) is 183 cm³/mol. The minimum atomic E-state index is -1.05. The van der Waals surface area contributed by atoms with Crippen molar-refractivity contribution in [1.82, 2.24) is 0 Å². The fourth-order valence-corrected chi connectivity index (χ4v) is 9.91. The van der Waals surface area contributed by atoms with Gasteiger partial charge in [-0.25, -0.2) is 0 Å². The lowest BCUT2D eigenvalue weighted by Gasteiger charge is -2.22. The minimum absolute atomic E-state index is 0.753. The molecule has 0 N–H and O–H groups in total. The topological polar surface area (TPSA) is 0 Å². The third-order valence-corrected chi connectivity index (χ3v) is 13.6. The van der Waals surface area contributed by atoms with Gasteiger partial charge in [-0.2, -0.15) is 0 Å². The Hall–Kier alpha value is 1.17. The maximum atomic E-state index is 6.32. The van der Waals surface area contributed by atoms with Gasteiger partial charge in [0.15, 0.2) is 19.2 Å². The lowest BCUT2D eigenvalue weighted by Crippen LogP contribution is -2.01. The Morgan fingerprint density at radius 1 is 0.389 bits per heavy atom. The molecular formula is C32H69P2S2+. The second-order valence-electron chi connectivity index (χ2n) is 11.2. The van der Waals surface area contributed by atoms with Crippen LogP contribution in [0.25, 0.3) is 0 Å². The average molecular weight is 580 g/mol. The smallest absolute Gasteiger partial charge is 0.0975 e. The van der Waals surface area contributed by atoms with Gasteiger partial charge in [-0.1, -0.05) is 161 Å². The Bertz CT molecular complexity index is 406. The zero-order valence-electron chi connectivity index (χ0n) is 25.6. The van der Waals surface area contributed by atoms with Gasteiger partial charge in [0.2, 0.25) is 0 Å². The molecule has 0 rings (SSSR count). The lowest BCUT2D eigenvalue weighted by atomic mass is 10.1. The first-order valence-electron chi connectivity index (χ1n) is 16.5. The Balaban J connectivity index is 0. The predicted octanol–water partition coefficient (Wildman–Crippen LogP) is 13.0. The molecule has 1 atom stereocenters. The summed E-state index contributed by atoms with van der Waals surface area (Å²) in [6, 6.07) is -1.05. The number of rotatable bonds is 28. The van der Waals surface area contributed by atoms with Gasteiger partial charge in [0.25, 0.3) is 0 Å². The maximum absolute atomic E-state index is 6.32. The van der Waals surface area contributed by atoms with E-state index in [1.165, 1.54) is 179 Å². The van der Waals surface area contributed by atoms with Gasteiger partial charge in [-0.05, 0) is 56.6 Å². The van der Waals surface area contributed by atoms with Crippen LogP contribution < -0.4 is 0 Å². The fraction of sp³-hybridized carbons (Fsp3) is 1.00. The molecule has 0 aromatic rings. The molecule has 218 valence electrons. The lowest BCUT2D eigenvalue weighted by molar-refractivity contribution is 0.617. The highest BCUT2D eigenvalue weighted by Gasteiger charge is 2.16. The van der Waals surface area contributed by atoms with Gasteiger partial charge in [0.1, 0.15) is 6.16 Å². The second kappa shape index (κ2) is 34.2. The molecule has 0 aliphatic heterocycles. The molecule has 0 aliphatic carbocycles. The van der Waals surface area contributed by atoms with Crippen molar-refractivity contribution in [3.8, 4) is 0 Å². The highest BCUT2D eigenvalue weighted by atomic mass is 32.4. The molecule has 0 radical (unpaired) electrons. The van der Waals surface area contributed by atoms with E-state index in [-0.39, 0.29) is 0 Å². The zero-order valence-corrected chi connectivity index (χ0v) is 29.1. The Labute approximate surface area is 242 Å². The summed E-state index contributed by atoms with van der Waals surface area (Å²) in [6.07, 6.45) is 39.5. The molecular weight excluding hydrogens is 510 g/mol. The Morgan fingerprint density at radius 2 is 0.639 bits per heavy atom. The van der Waals surface area contributed by atoms with Gasteiger partial charge in [-0.3, -0.25) is 0 Å². The van der Waals surface area contributed by atoms with Crippen molar-refractivity contribution in [2.24, 2.45) is 0 Å². The van der Waals surface area contributed by atoms with Crippen LogP contribution in [0.3, 0.4) is 0 Å². The molecule has 0 bridgehead atoms. The summed E-state index contributed by atoms with van der Waals surface area (Å²) in [5.74, 6) is 0. The highest BCUT2D eigenvalue weighted by Crippen LogP contribution is 2.49. The third kappa shape index (κ3) is 33.2. The summed E-state index contributed by atoms with van der Waals surface area (Å²) < 4.78 is 0. The SMILES string of the molecule is CCCCCCCCP(=S)(CCCCCCCC)CCCCCCCC.CCCCCCCC[PH+]=S. The van der Waals surface area contributed by atoms with Gasteiger partial charge < -0.3 is 0 Å². The van der Waals surface area contributed by atoms with Gasteiger partial charge in [-0.15, -0.1) is 0 Å². The van der Waals surface area contributed by atoms with Crippen molar-refractivity contribution in [3.05, 3.63) is 0 Å². The van der Waals surface area contributed by atoms with Gasteiger partial charge >= 0.3 is 0 Å². The molecule has 0 aromatic carbocycles. The van der Waals surface area contributed by atoms with Crippen LogP contribution in [0.15, 0.2) is 0 Å². The molecule has 0 saturated heterocycles. The van der Waals surface area contributed by atoms with E-state index in [2.05, 4.69) is 27.7 Å². The normalized spacial score (nSPS) is 11.6. The van der Waals surface area contributed by atoms with E-state index in [9.17, 15) is 0 Å². The summed E-state index contributed by atoms with van der Waals surface area (Å²) in [5, 5.41) is 0. The van der Waals surface area contributed by atoms with Gasteiger partial charge in [0.05, 0.1) is 0 Å². The van der Waals surface area contributed by atoms with Crippen LogP contribution in [0.2, 0.25) is 0 Å². The van der Waals surface area contributed by atoms with Crippen molar-refractivity contribution >= 4 is 37.0 Å². The molecule has 0 aromatic heterocycles. The van der Waals surface area contributed by atoms with Crippen LogP contribution in [0.5, 0.6) is 0 Å². The third-order valence-electron chi connectivity index (χ3n) is 7.39. The first kappa shape index (κ1) is 39.3. The highest BCUT2D eigenvalue weighted by molar-refractivity contribution is 8.14. The molecule has 4 heteroatoms. The van der Waals surface area contributed by atoms with Crippen LogP contribution in [0.1, 0.15) is 182 Å². The van der Waals surface area contributed by atoms with Crippen LogP contribution >= 0.6 is 13.4 Å². The molecule has 0 aliphatic rings. The number of unbranched alkanes of at least 4 members (excludes halogenated alkanes) is 20. The maximum Gasteiger partial charge on any atom is 0.160 e. The molecule has 0 saturated carbocycles. The Morgan fingerprint density at radius 3 is 0.917 bits per heavy atom. The van der Waals surface area contributed by atoms with Crippen LogP contribution in [-0.4, -0.2) is 24.6 Å². The first-order chi connectivity index (χ1) is 17.6. The molecule has 1 unspecified atom stereocenters. The average Bonchev–Trinajstić information content (AvgIpc) is 2.88. The standard InChI is InChI=1S/C24H51PS.C8H17PS/c1-4-7-10-13-16-19-22-25(26,23-20-17-14-11-8-5-2)24-21-18-15-12-9-6-3;1-2-3-4-5-6-7-8-9-10/h4-24H2,1-3H3;2-8H2,1H3/p+1. The van der Waals surface area contributed by atoms with Crippen LogP contribution in [0, 0.1) is 0 Å². The zero-order chi connectivity index (χ0) is 27.0. The number of hydrogen-bond acceptors (Lipinski definition) is 2. The molecule has 0 spiro atoms.